The maximum Gasteiger partial charge on any atom is 0.216 e. The third-order valence-electron chi connectivity index (χ3n) is 3.34. The van der Waals surface area contributed by atoms with E-state index in [0.29, 0.717) is 24.3 Å². The third-order valence-corrected chi connectivity index (χ3v) is 3.34. The second-order valence-corrected chi connectivity index (χ2v) is 4.58. The van der Waals surface area contributed by atoms with E-state index in [0.717, 1.165) is 11.4 Å². The molecule has 0 unspecified atom stereocenters. The van der Waals surface area contributed by atoms with E-state index in [1.807, 2.05) is 13.8 Å². The van der Waals surface area contributed by atoms with Crippen LogP contribution in [0, 0.1) is 19.8 Å². The number of hydrogen-bond donors (Lipinski definition) is 1. The van der Waals surface area contributed by atoms with Gasteiger partial charge in [0, 0.05) is 18.7 Å². The fourth-order valence-electron chi connectivity index (χ4n) is 2.11. The molecule has 2 heterocycles. The Morgan fingerprint density at radius 2 is 2.00 bits per heavy atom. The molecule has 0 saturated carbocycles. The molecule has 0 aromatic carbocycles. The summed E-state index contributed by atoms with van der Waals surface area (Å²) in [5.74, 6) is -0.314. The molecule has 2 aromatic heterocycles. The van der Waals surface area contributed by atoms with Gasteiger partial charge in [-0.05, 0) is 20.8 Å². The second kappa shape index (κ2) is 7.40. The lowest BCUT2D eigenvalue weighted by Gasteiger charge is -2.06. The minimum absolute atomic E-state index is 0. The summed E-state index contributed by atoms with van der Waals surface area (Å²) in [6, 6.07) is 0. The Morgan fingerprint density at radius 1 is 1.29 bits per heavy atom. The molecule has 0 aliphatic rings. The first kappa shape index (κ1) is 17.4. The Bertz CT molecular complexity index is 594. The van der Waals surface area contributed by atoms with Crippen molar-refractivity contribution in [1.29, 1.82) is 0 Å². The molecule has 0 radical (unpaired) electrons. The first-order chi connectivity index (χ1) is 9.58. The molecule has 0 fully saturated rings. The molecule has 5 nitrogen and oxygen atoms in total. The summed E-state index contributed by atoms with van der Waals surface area (Å²) in [5, 5.41) is 11.3. The number of hydrogen-bond acceptors (Lipinski definition) is 3. The summed E-state index contributed by atoms with van der Waals surface area (Å²) < 4.78 is 29.3. The van der Waals surface area contributed by atoms with Crippen LogP contribution in [0.4, 0.5) is 14.5 Å². The van der Waals surface area contributed by atoms with Crippen molar-refractivity contribution in [2.24, 2.45) is 0 Å². The van der Waals surface area contributed by atoms with E-state index in [1.54, 1.807) is 17.8 Å². The summed E-state index contributed by atoms with van der Waals surface area (Å²) in [5.41, 5.74) is 2.83. The lowest BCUT2D eigenvalue weighted by atomic mass is 10.2. The number of aromatic nitrogens is 4. The number of nitrogens with one attached hydrogen (secondary N) is 1. The van der Waals surface area contributed by atoms with Gasteiger partial charge < -0.3 is 5.32 Å². The maximum atomic E-state index is 14.0. The van der Waals surface area contributed by atoms with Crippen molar-refractivity contribution >= 4 is 18.1 Å². The molecule has 0 spiro atoms. The van der Waals surface area contributed by atoms with E-state index in [-0.39, 0.29) is 24.9 Å². The van der Waals surface area contributed by atoms with Gasteiger partial charge in [-0.1, -0.05) is 0 Å². The van der Waals surface area contributed by atoms with Crippen molar-refractivity contribution in [2.45, 2.75) is 40.4 Å². The topological polar surface area (TPSA) is 47.7 Å². The number of halogens is 3. The van der Waals surface area contributed by atoms with E-state index >= 15 is 0 Å². The number of alkyl halides is 1. The van der Waals surface area contributed by atoms with Crippen LogP contribution in [0.15, 0.2) is 6.20 Å². The second-order valence-electron chi connectivity index (χ2n) is 4.58. The van der Waals surface area contributed by atoms with E-state index in [4.69, 9.17) is 0 Å². The molecule has 8 heteroatoms. The van der Waals surface area contributed by atoms with E-state index in [2.05, 4.69) is 15.5 Å². The predicted octanol–water partition coefficient (Wildman–Crippen LogP) is 2.86. The minimum Gasteiger partial charge on any atom is -0.378 e. The van der Waals surface area contributed by atoms with Gasteiger partial charge in [0.15, 0.2) is 0 Å². The monoisotopic (exact) mass is 319 g/mol. The first-order valence-electron chi connectivity index (χ1n) is 6.62. The molecule has 0 amide bonds. The van der Waals surface area contributed by atoms with Crippen LogP contribution in [-0.4, -0.2) is 26.2 Å². The van der Waals surface area contributed by atoms with Gasteiger partial charge in [-0.15, -0.1) is 12.4 Å². The number of nitrogens with zero attached hydrogens (tertiary/aromatic N) is 4. The van der Waals surface area contributed by atoms with Gasteiger partial charge in [-0.25, -0.2) is 9.07 Å². The molecule has 21 heavy (non-hydrogen) atoms. The molecule has 0 atom stereocenters. The molecule has 0 aliphatic carbocycles. The van der Waals surface area contributed by atoms with Crippen molar-refractivity contribution in [2.75, 3.05) is 12.0 Å². The van der Waals surface area contributed by atoms with Crippen molar-refractivity contribution in [3.8, 4) is 0 Å². The molecular weight excluding hydrogens is 300 g/mol. The standard InChI is InChI=1S/C13H19F2N5.ClH/c1-4-19-13(15)11(9(2)18-19)7-16-12-8-17-20(6-5-14)10(12)3;/h8,16H,4-7H2,1-3H3;1H. The van der Waals surface area contributed by atoms with Crippen LogP contribution in [0.25, 0.3) is 0 Å². The van der Waals surface area contributed by atoms with Crippen LogP contribution in [0.1, 0.15) is 23.9 Å². The maximum absolute atomic E-state index is 14.0. The van der Waals surface area contributed by atoms with Gasteiger partial charge in [0.2, 0.25) is 5.95 Å². The molecule has 0 bridgehead atoms. The number of anilines is 1. The zero-order valence-corrected chi connectivity index (χ0v) is 13.2. The molecule has 0 aliphatic heterocycles. The normalized spacial score (nSPS) is 10.5. The molecule has 118 valence electrons. The summed E-state index contributed by atoms with van der Waals surface area (Å²) in [4.78, 5) is 0. The Hall–Kier alpha value is -1.63. The van der Waals surface area contributed by atoms with E-state index in [9.17, 15) is 8.78 Å². The van der Waals surface area contributed by atoms with Crippen LogP contribution in [0.3, 0.4) is 0 Å². The highest BCUT2D eigenvalue weighted by atomic mass is 35.5. The lowest BCUT2D eigenvalue weighted by Crippen LogP contribution is -2.06. The van der Waals surface area contributed by atoms with Crippen LogP contribution in [0.5, 0.6) is 0 Å². The van der Waals surface area contributed by atoms with E-state index in [1.165, 1.54) is 4.68 Å². The van der Waals surface area contributed by atoms with Crippen LogP contribution in [0.2, 0.25) is 0 Å². The average molecular weight is 320 g/mol. The Balaban J connectivity index is 0.00000220. The van der Waals surface area contributed by atoms with Crippen LogP contribution >= 0.6 is 12.4 Å². The SMILES string of the molecule is CCn1nc(C)c(CNc2cnn(CCF)c2C)c1F.Cl. The summed E-state index contributed by atoms with van der Waals surface area (Å²) in [6.07, 6.45) is 1.63. The fraction of sp³-hybridized carbons (Fsp3) is 0.538. The van der Waals surface area contributed by atoms with Crippen molar-refractivity contribution < 1.29 is 8.78 Å². The number of aryl methyl sites for hydroxylation is 3. The van der Waals surface area contributed by atoms with Crippen molar-refractivity contribution in [3.63, 3.8) is 0 Å². The van der Waals surface area contributed by atoms with Crippen LogP contribution in [-0.2, 0) is 19.6 Å². The average Bonchev–Trinajstić information content (AvgIpc) is 2.90. The molecule has 2 aromatic rings. The highest BCUT2D eigenvalue weighted by Crippen LogP contribution is 2.18. The zero-order chi connectivity index (χ0) is 14.7. The molecule has 2 rings (SSSR count). The third kappa shape index (κ3) is 3.53. The predicted molar refractivity (Wildman–Crippen MR) is 80.1 cm³/mol. The summed E-state index contributed by atoms with van der Waals surface area (Å²) in [7, 11) is 0. The van der Waals surface area contributed by atoms with Gasteiger partial charge >= 0.3 is 0 Å². The Morgan fingerprint density at radius 3 is 2.57 bits per heavy atom. The van der Waals surface area contributed by atoms with Crippen molar-refractivity contribution in [1.82, 2.24) is 19.6 Å². The number of rotatable bonds is 6. The van der Waals surface area contributed by atoms with Gasteiger partial charge in [-0.2, -0.15) is 14.6 Å². The zero-order valence-electron chi connectivity index (χ0n) is 12.4. The molecular formula is C13H20ClF2N5. The van der Waals surface area contributed by atoms with Crippen molar-refractivity contribution in [3.05, 3.63) is 29.1 Å². The highest BCUT2D eigenvalue weighted by Gasteiger charge is 2.14. The summed E-state index contributed by atoms with van der Waals surface area (Å²) in [6.45, 7) is 6.08. The van der Waals surface area contributed by atoms with E-state index < -0.39 is 6.67 Å². The smallest absolute Gasteiger partial charge is 0.216 e. The largest absolute Gasteiger partial charge is 0.378 e. The van der Waals surface area contributed by atoms with Gasteiger partial charge in [-0.3, -0.25) is 4.68 Å². The lowest BCUT2D eigenvalue weighted by molar-refractivity contribution is 0.423. The minimum atomic E-state index is -0.459. The summed E-state index contributed by atoms with van der Waals surface area (Å²) >= 11 is 0. The quantitative estimate of drug-likeness (QED) is 0.890. The molecule has 0 saturated heterocycles. The van der Waals surface area contributed by atoms with Gasteiger partial charge in [0.05, 0.1) is 29.8 Å². The van der Waals surface area contributed by atoms with Crippen LogP contribution < -0.4 is 5.32 Å². The van der Waals surface area contributed by atoms with Gasteiger partial charge in [0.25, 0.3) is 0 Å². The first-order valence-corrected chi connectivity index (χ1v) is 6.62. The fourth-order valence-corrected chi connectivity index (χ4v) is 2.11. The Labute approximate surface area is 128 Å². The highest BCUT2D eigenvalue weighted by molar-refractivity contribution is 5.85. The molecule has 1 N–H and O–H groups in total. The van der Waals surface area contributed by atoms with Gasteiger partial charge in [0.1, 0.15) is 6.67 Å². The Kier molecular flexibility index (Phi) is 6.14.